The van der Waals surface area contributed by atoms with Crippen LogP contribution < -0.4 is 20.7 Å². The van der Waals surface area contributed by atoms with E-state index in [-0.39, 0.29) is 30.7 Å². The Bertz CT molecular complexity index is 1020. The molecule has 1 atom stereocenters. The maximum atomic E-state index is 12.7. The van der Waals surface area contributed by atoms with Gasteiger partial charge in [0.1, 0.15) is 11.4 Å². The fourth-order valence-electron chi connectivity index (χ4n) is 4.31. The summed E-state index contributed by atoms with van der Waals surface area (Å²) in [5.41, 5.74) is 1.70. The van der Waals surface area contributed by atoms with E-state index in [1.54, 1.807) is 18.1 Å². The molecule has 1 saturated heterocycles. The van der Waals surface area contributed by atoms with Crippen LogP contribution in [0.1, 0.15) is 35.2 Å². The molecule has 0 radical (unpaired) electrons. The number of anilines is 1. The molecule has 1 spiro atoms. The lowest BCUT2D eigenvalue weighted by atomic mass is 9.95. The summed E-state index contributed by atoms with van der Waals surface area (Å²) in [6.45, 7) is 0.846. The highest BCUT2D eigenvalue weighted by Crippen LogP contribution is 2.31. The Hall–Kier alpha value is -3.55. The molecule has 32 heavy (non-hydrogen) atoms. The average Bonchev–Trinajstić information content (AvgIpc) is 2.94. The Morgan fingerprint density at radius 1 is 1.09 bits per heavy atom. The number of ether oxygens (including phenoxy) is 1. The van der Waals surface area contributed by atoms with E-state index in [1.807, 2.05) is 42.5 Å². The summed E-state index contributed by atoms with van der Waals surface area (Å²) in [6.07, 6.45) is 1.89. The summed E-state index contributed by atoms with van der Waals surface area (Å²) in [5.74, 6) is 0.361. The third kappa shape index (κ3) is 4.69. The van der Waals surface area contributed by atoms with Crippen molar-refractivity contribution in [2.24, 2.45) is 0 Å². The van der Waals surface area contributed by atoms with Crippen LogP contribution >= 0.6 is 0 Å². The summed E-state index contributed by atoms with van der Waals surface area (Å²) in [6, 6.07) is 15.0. The van der Waals surface area contributed by atoms with Gasteiger partial charge in [-0.15, -0.1) is 0 Å². The molecule has 2 aromatic rings. The lowest BCUT2D eigenvalue weighted by Crippen LogP contribution is -2.58. The second-order valence-corrected chi connectivity index (χ2v) is 8.18. The Morgan fingerprint density at radius 3 is 2.72 bits per heavy atom. The summed E-state index contributed by atoms with van der Waals surface area (Å²) >= 11 is 0. The summed E-state index contributed by atoms with van der Waals surface area (Å²) in [5, 5.41) is 9.35. The van der Waals surface area contributed by atoms with Crippen molar-refractivity contribution in [1.29, 1.82) is 0 Å². The van der Waals surface area contributed by atoms with Gasteiger partial charge in [-0.2, -0.15) is 0 Å². The second kappa shape index (κ2) is 9.30. The molecule has 2 aliphatic rings. The van der Waals surface area contributed by atoms with E-state index < -0.39 is 5.66 Å². The van der Waals surface area contributed by atoms with Crippen molar-refractivity contribution in [2.45, 2.75) is 31.3 Å². The van der Waals surface area contributed by atoms with Gasteiger partial charge in [0, 0.05) is 31.6 Å². The molecule has 0 unspecified atom stereocenters. The Balaban J connectivity index is 1.32. The van der Waals surface area contributed by atoms with Crippen molar-refractivity contribution >= 4 is 23.4 Å². The van der Waals surface area contributed by atoms with Gasteiger partial charge >= 0.3 is 0 Å². The molecule has 0 aliphatic carbocycles. The number of hydrogen-bond acceptors (Lipinski definition) is 5. The van der Waals surface area contributed by atoms with E-state index in [0.29, 0.717) is 37.9 Å². The van der Waals surface area contributed by atoms with Crippen molar-refractivity contribution in [3.05, 3.63) is 59.7 Å². The minimum absolute atomic E-state index is 0.00533. The predicted molar refractivity (Wildman–Crippen MR) is 120 cm³/mol. The second-order valence-electron chi connectivity index (χ2n) is 8.18. The van der Waals surface area contributed by atoms with Gasteiger partial charge in [0.25, 0.3) is 5.91 Å². The number of carbonyl (C=O) groups is 3. The molecule has 3 amide bonds. The molecule has 0 bridgehead atoms. The van der Waals surface area contributed by atoms with Gasteiger partial charge in [-0.25, -0.2) is 0 Å². The van der Waals surface area contributed by atoms with Crippen molar-refractivity contribution in [3.63, 3.8) is 0 Å². The van der Waals surface area contributed by atoms with E-state index in [4.69, 9.17) is 4.74 Å². The first-order valence-electron chi connectivity index (χ1n) is 10.9. The van der Waals surface area contributed by atoms with Crippen LogP contribution in [-0.4, -0.2) is 55.0 Å². The minimum Gasteiger partial charge on any atom is -0.496 e. The van der Waals surface area contributed by atoms with Gasteiger partial charge in [-0.1, -0.05) is 30.3 Å². The quantitative estimate of drug-likeness (QED) is 0.643. The first-order chi connectivity index (χ1) is 15.5. The number of rotatable bonds is 6. The van der Waals surface area contributed by atoms with Gasteiger partial charge in [0.05, 0.1) is 19.2 Å². The topological polar surface area (TPSA) is 99.8 Å². The first-order valence-corrected chi connectivity index (χ1v) is 10.9. The Kier molecular flexibility index (Phi) is 6.30. The maximum Gasteiger partial charge on any atom is 0.255 e. The van der Waals surface area contributed by atoms with E-state index in [9.17, 15) is 14.4 Å². The summed E-state index contributed by atoms with van der Waals surface area (Å²) in [4.78, 5) is 39.3. The van der Waals surface area contributed by atoms with Crippen LogP contribution in [0, 0.1) is 0 Å². The average molecular weight is 437 g/mol. The zero-order valence-electron chi connectivity index (χ0n) is 18.1. The third-order valence-electron chi connectivity index (χ3n) is 6.07. The van der Waals surface area contributed by atoms with Crippen molar-refractivity contribution in [1.82, 2.24) is 15.5 Å². The number of nitrogens with zero attached hydrogens (tertiary/aromatic N) is 1. The molecular weight excluding hydrogens is 408 g/mol. The molecule has 2 aliphatic heterocycles. The van der Waals surface area contributed by atoms with Gasteiger partial charge in [-0.05, 0) is 36.6 Å². The molecule has 3 N–H and O–H groups in total. The van der Waals surface area contributed by atoms with E-state index >= 15 is 0 Å². The molecule has 2 heterocycles. The zero-order chi connectivity index (χ0) is 22.6. The Labute approximate surface area is 187 Å². The fraction of sp³-hybridized carbons (Fsp3) is 0.375. The van der Waals surface area contributed by atoms with Crippen molar-refractivity contribution in [3.8, 4) is 5.75 Å². The molecule has 168 valence electrons. The zero-order valence-corrected chi connectivity index (χ0v) is 18.1. The Morgan fingerprint density at radius 2 is 1.88 bits per heavy atom. The highest BCUT2D eigenvalue weighted by Gasteiger charge is 2.40. The van der Waals surface area contributed by atoms with Crippen LogP contribution in [0.25, 0.3) is 0 Å². The van der Waals surface area contributed by atoms with E-state index in [2.05, 4.69) is 16.0 Å². The number of nitrogens with one attached hydrogen (secondary N) is 3. The molecular formula is C24H28N4O4. The predicted octanol–water partition coefficient (Wildman–Crippen LogP) is 1.92. The van der Waals surface area contributed by atoms with Crippen molar-refractivity contribution in [2.75, 3.05) is 32.1 Å². The highest BCUT2D eigenvalue weighted by atomic mass is 16.5. The van der Waals surface area contributed by atoms with Gasteiger partial charge in [-0.3, -0.25) is 14.4 Å². The number of fused-ring (bicyclic) bond motifs is 1. The number of para-hydroxylation sites is 2. The minimum atomic E-state index is -0.684. The molecule has 1 fully saturated rings. The smallest absolute Gasteiger partial charge is 0.255 e. The summed E-state index contributed by atoms with van der Waals surface area (Å²) < 4.78 is 5.34. The monoisotopic (exact) mass is 436 g/mol. The highest BCUT2D eigenvalue weighted by molar-refractivity contribution is 6.02. The number of hydrogen-bond donors (Lipinski definition) is 3. The van der Waals surface area contributed by atoms with Crippen molar-refractivity contribution < 1.29 is 19.1 Å². The fourth-order valence-corrected chi connectivity index (χ4v) is 4.31. The lowest BCUT2D eigenvalue weighted by molar-refractivity contribution is -0.135. The third-order valence-corrected chi connectivity index (χ3v) is 6.07. The van der Waals surface area contributed by atoms with E-state index in [1.165, 1.54) is 0 Å². The largest absolute Gasteiger partial charge is 0.496 e. The van der Waals surface area contributed by atoms with Crippen LogP contribution in [-0.2, 0) is 16.0 Å². The van der Waals surface area contributed by atoms with Crippen LogP contribution in [0.2, 0.25) is 0 Å². The van der Waals surface area contributed by atoms with Crippen LogP contribution in [0.5, 0.6) is 5.75 Å². The van der Waals surface area contributed by atoms with Crippen LogP contribution in [0.3, 0.4) is 0 Å². The SMILES string of the molecule is COc1ccccc1CCNC(=O)CN1CC[C@@]2(CCC1=O)NC(=O)c1ccccc1N2. The van der Waals surface area contributed by atoms with Gasteiger partial charge in [0.2, 0.25) is 11.8 Å². The van der Waals surface area contributed by atoms with Crippen LogP contribution in [0.4, 0.5) is 5.69 Å². The van der Waals surface area contributed by atoms with Crippen LogP contribution in [0.15, 0.2) is 48.5 Å². The lowest BCUT2D eigenvalue weighted by Gasteiger charge is -2.39. The van der Waals surface area contributed by atoms with Gasteiger partial charge in [0.15, 0.2) is 0 Å². The molecule has 8 nitrogen and oxygen atoms in total. The molecule has 4 rings (SSSR count). The molecule has 2 aromatic carbocycles. The standard InChI is InChI=1S/C24H28N4O4/c1-32-20-9-5-2-6-17(20)11-14-25-21(29)16-28-15-13-24(12-10-22(28)30)26-19-8-4-3-7-18(19)23(31)27-24/h2-9,26H,10-16H2,1H3,(H,25,29)(H,27,31)/t24-/m1/s1. The van der Waals surface area contributed by atoms with Gasteiger partial charge < -0.3 is 25.6 Å². The number of benzene rings is 2. The molecule has 0 aromatic heterocycles. The molecule has 0 saturated carbocycles. The number of likely N-dealkylation sites (tertiary alicyclic amines) is 1. The number of amides is 3. The molecule has 8 heteroatoms. The maximum absolute atomic E-state index is 12.7. The van der Waals surface area contributed by atoms with E-state index in [0.717, 1.165) is 17.0 Å². The summed E-state index contributed by atoms with van der Waals surface area (Å²) in [7, 11) is 1.62. The number of methoxy groups -OCH3 is 1. The number of carbonyl (C=O) groups excluding carboxylic acids is 3. The first kappa shape index (κ1) is 21.7. The normalized spacial score (nSPS) is 20.1.